The number of hydrogen-bond acceptors (Lipinski definition) is 2. The first-order valence-electron chi connectivity index (χ1n) is 8.59. The number of carbonyl (C=O) groups excluding carboxylic acids is 1. The van der Waals surface area contributed by atoms with Crippen LogP contribution in [0.1, 0.15) is 38.5 Å². The number of piperidine rings is 1. The predicted octanol–water partition coefficient (Wildman–Crippen LogP) is 3.69. The fourth-order valence-corrected chi connectivity index (χ4v) is 3.97. The number of ether oxygens (including phenoxy) is 1. The maximum absolute atomic E-state index is 13.6. The van der Waals surface area contributed by atoms with E-state index in [-0.39, 0.29) is 18.3 Å². The molecule has 0 spiro atoms. The summed E-state index contributed by atoms with van der Waals surface area (Å²) in [6, 6.07) is 6.86. The summed E-state index contributed by atoms with van der Waals surface area (Å²) >= 11 is 0. The standard InChI is InChI=1S/C19H22FNO2/c20-17-3-1-2-4-18(17)23-12-19(22)21-15-7-8-16(21)11-14(10-15)9-13-5-6-13/h1-4,9,13,15-16H,5-8,10-12H2. The van der Waals surface area contributed by atoms with E-state index < -0.39 is 5.82 Å². The van der Waals surface area contributed by atoms with Crippen LogP contribution >= 0.6 is 0 Å². The number of hydrogen-bond donors (Lipinski definition) is 0. The molecule has 23 heavy (non-hydrogen) atoms. The van der Waals surface area contributed by atoms with E-state index in [0.717, 1.165) is 31.6 Å². The Labute approximate surface area is 136 Å². The zero-order valence-electron chi connectivity index (χ0n) is 13.2. The van der Waals surface area contributed by atoms with Gasteiger partial charge in [-0.2, -0.15) is 0 Å². The molecule has 2 aliphatic heterocycles. The molecule has 2 unspecified atom stereocenters. The average Bonchev–Trinajstić information content (AvgIpc) is 3.31. The van der Waals surface area contributed by atoms with Crippen molar-refractivity contribution in [1.29, 1.82) is 0 Å². The Morgan fingerprint density at radius 1 is 1.17 bits per heavy atom. The summed E-state index contributed by atoms with van der Waals surface area (Å²) in [5.41, 5.74) is 1.54. The molecule has 2 heterocycles. The third kappa shape index (κ3) is 3.12. The second-order valence-corrected chi connectivity index (χ2v) is 6.98. The van der Waals surface area contributed by atoms with Gasteiger partial charge in [-0.3, -0.25) is 4.79 Å². The molecule has 1 aliphatic carbocycles. The summed E-state index contributed by atoms with van der Waals surface area (Å²) < 4.78 is 19.0. The van der Waals surface area contributed by atoms with Crippen molar-refractivity contribution in [2.45, 2.75) is 50.6 Å². The van der Waals surface area contributed by atoms with Gasteiger partial charge in [-0.05, 0) is 56.6 Å². The highest BCUT2D eigenvalue weighted by atomic mass is 19.1. The van der Waals surface area contributed by atoms with Crippen molar-refractivity contribution in [2.75, 3.05) is 6.61 Å². The highest BCUT2D eigenvalue weighted by Crippen LogP contribution is 2.41. The molecule has 1 saturated carbocycles. The van der Waals surface area contributed by atoms with Crippen LogP contribution in [-0.4, -0.2) is 29.5 Å². The van der Waals surface area contributed by atoms with Gasteiger partial charge in [-0.1, -0.05) is 23.8 Å². The van der Waals surface area contributed by atoms with Gasteiger partial charge >= 0.3 is 0 Å². The predicted molar refractivity (Wildman–Crippen MR) is 85.6 cm³/mol. The molecule has 3 fully saturated rings. The van der Waals surface area contributed by atoms with E-state index >= 15 is 0 Å². The number of carbonyl (C=O) groups is 1. The van der Waals surface area contributed by atoms with Crippen LogP contribution in [0, 0.1) is 11.7 Å². The second kappa shape index (κ2) is 5.99. The van der Waals surface area contributed by atoms with Gasteiger partial charge in [-0.15, -0.1) is 0 Å². The molecule has 4 heteroatoms. The highest BCUT2D eigenvalue weighted by molar-refractivity contribution is 5.79. The van der Waals surface area contributed by atoms with E-state index in [1.165, 1.54) is 18.9 Å². The number of para-hydroxylation sites is 1. The van der Waals surface area contributed by atoms with Crippen LogP contribution in [0.3, 0.4) is 0 Å². The lowest BCUT2D eigenvalue weighted by molar-refractivity contribution is -0.137. The van der Waals surface area contributed by atoms with E-state index in [0.29, 0.717) is 12.1 Å². The van der Waals surface area contributed by atoms with Crippen molar-refractivity contribution < 1.29 is 13.9 Å². The first-order valence-corrected chi connectivity index (χ1v) is 8.59. The fraction of sp³-hybridized carbons (Fsp3) is 0.526. The molecular weight excluding hydrogens is 293 g/mol. The molecular formula is C19H22FNO2. The van der Waals surface area contributed by atoms with E-state index in [4.69, 9.17) is 4.74 Å². The molecule has 0 radical (unpaired) electrons. The molecule has 3 nitrogen and oxygen atoms in total. The zero-order chi connectivity index (χ0) is 15.8. The minimum absolute atomic E-state index is 0.00812. The van der Waals surface area contributed by atoms with Crippen LogP contribution in [0.5, 0.6) is 5.75 Å². The van der Waals surface area contributed by atoms with Crippen LogP contribution in [0.15, 0.2) is 35.9 Å². The Kier molecular flexibility index (Phi) is 3.83. The summed E-state index contributed by atoms with van der Waals surface area (Å²) in [5, 5.41) is 0. The van der Waals surface area contributed by atoms with E-state index in [1.807, 2.05) is 4.90 Å². The monoisotopic (exact) mass is 315 g/mol. The Morgan fingerprint density at radius 2 is 1.87 bits per heavy atom. The number of benzene rings is 1. The fourth-order valence-electron chi connectivity index (χ4n) is 3.97. The third-order valence-electron chi connectivity index (χ3n) is 5.18. The summed E-state index contributed by atoms with van der Waals surface area (Å²) in [6.45, 7) is -0.0738. The van der Waals surface area contributed by atoms with Crippen molar-refractivity contribution in [3.05, 3.63) is 41.7 Å². The Morgan fingerprint density at radius 3 is 2.52 bits per heavy atom. The van der Waals surface area contributed by atoms with Crippen LogP contribution in [0.4, 0.5) is 4.39 Å². The van der Waals surface area contributed by atoms with E-state index in [9.17, 15) is 9.18 Å². The molecule has 0 N–H and O–H groups in total. The molecule has 4 rings (SSSR count). The quantitative estimate of drug-likeness (QED) is 0.793. The third-order valence-corrected chi connectivity index (χ3v) is 5.18. The van der Waals surface area contributed by atoms with Crippen LogP contribution in [0.2, 0.25) is 0 Å². The normalized spacial score (nSPS) is 26.3. The maximum Gasteiger partial charge on any atom is 0.261 e. The smallest absolute Gasteiger partial charge is 0.261 e. The van der Waals surface area contributed by atoms with Gasteiger partial charge in [-0.25, -0.2) is 4.39 Å². The van der Waals surface area contributed by atoms with Crippen molar-refractivity contribution in [3.63, 3.8) is 0 Å². The van der Waals surface area contributed by atoms with Crippen molar-refractivity contribution >= 4 is 5.91 Å². The number of allylic oxidation sites excluding steroid dienone is 1. The number of fused-ring (bicyclic) bond motifs is 2. The number of rotatable bonds is 4. The highest BCUT2D eigenvalue weighted by Gasteiger charge is 2.41. The molecule has 1 amide bonds. The Bertz CT molecular complexity index is 622. The lowest BCUT2D eigenvalue weighted by Crippen LogP contribution is -2.46. The lowest BCUT2D eigenvalue weighted by Gasteiger charge is -2.36. The van der Waals surface area contributed by atoms with Gasteiger partial charge in [0, 0.05) is 12.1 Å². The molecule has 1 aromatic rings. The lowest BCUT2D eigenvalue weighted by atomic mass is 9.95. The van der Waals surface area contributed by atoms with E-state index in [2.05, 4.69) is 6.08 Å². The van der Waals surface area contributed by atoms with Gasteiger partial charge < -0.3 is 9.64 Å². The Hall–Kier alpha value is -1.84. The van der Waals surface area contributed by atoms with Crippen molar-refractivity contribution in [2.24, 2.45) is 5.92 Å². The topological polar surface area (TPSA) is 29.5 Å². The molecule has 2 saturated heterocycles. The summed E-state index contributed by atoms with van der Waals surface area (Å²) in [6.07, 6.45) is 9.30. The SMILES string of the molecule is O=C(COc1ccccc1F)N1C2CCC1CC(=CC1CC1)C2. The molecule has 3 aliphatic rings. The van der Waals surface area contributed by atoms with Gasteiger partial charge in [0.25, 0.3) is 5.91 Å². The first-order chi connectivity index (χ1) is 11.2. The molecule has 122 valence electrons. The van der Waals surface area contributed by atoms with Crippen molar-refractivity contribution in [1.82, 2.24) is 4.90 Å². The van der Waals surface area contributed by atoms with Gasteiger partial charge in [0.05, 0.1) is 0 Å². The zero-order valence-corrected chi connectivity index (χ0v) is 13.2. The minimum Gasteiger partial charge on any atom is -0.481 e. The van der Waals surface area contributed by atoms with Gasteiger partial charge in [0.15, 0.2) is 18.2 Å². The molecule has 2 bridgehead atoms. The van der Waals surface area contributed by atoms with Crippen LogP contribution in [-0.2, 0) is 4.79 Å². The minimum atomic E-state index is -0.420. The number of halogens is 1. The second-order valence-electron chi connectivity index (χ2n) is 6.98. The molecule has 1 aromatic carbocycles. The molecule has 0 aromatic heterocycles. The average molecular weight is 315 g/mol. The Balaban J connectivity index is 1.38. The summed E-state index contributed by atoms with van der Waals surface area (Å²) in [4.78, 5) is 14.5. The largest absolute Gasteiger partial charge is 0.481 e. The van der Waals surface area contributed by atoms with Crippen molar-refractivity contribution in [3.8, 4) is 5.75 Å². The van der Waals surface area contributed by atoms with Crippen LogP contribution < -0.4 is 4.74 Å². The number of nitrogens with zero attached hydrogens (tertiary/aromatic N) is 1. The van der Waals surface area contributed by atoms with Crippen LogP contribution in [0.25, 0.3) is 0 Å². The summed E-state index contributed by atoms with van der Waals surface area (Å²) in [7, 11) is 0. The first kappa shape index (κ1) is 14.7. The number of amides is 1. The van der Waals surface area contributed by atoms with Gasteiger partial charge in [0.1, 0.15) is 0 Å². The summed E-state index contributed by atoms with van der Waals surface area (Å²) in [5.74, 6) is 0.526. The molecule has 2 atom stereocenters. The van der Waals surface area contributed by atoms with E-state index in [1.54, 1.807) is 23.8 Å². The van der Waals surface area contributed by atoms with Gasteiger partial charge in [0.2, 0.25) is 0 Å². The maximum atomic E-state index is 13.6.